The Labute approximate surface area is 132 Å². The average molecular weight is 307 g/mol. The Morgan fingerprint density at radius 2 is 1.73 bits per heavy atom. The lowest BCUT2D eigenvalue weighted by Gasteiger charge is -2.33. The summed E-state index contributed by atoms with van der Waals surface area (Å²) >= 11 is 0. The molecule has 0 amide bonds. The van der Waals surface area contributed by atoms with E-state index in [-0.39, 0.29) is 11.8 Å². The van der Waals surface area contributed by atoms with Gasteiger partial charge in [0.25, 0.3) is 0 Å². The molecular formula is C17H25NO4. The van der Waals surface area contributed by atoms with Gasteiger partial charge in [-0.3, -0.25) is 9.69 Å². The van der Waals surface area contributed by atoms with Crippen LogP contribution < -0.4 is 14.2 Å². The third-order valence-corrected chi connectivity index (χ3v) is 4.84. The molecule has 2 atom stereocenters. The molecule has 1 fully saturated rings. The lowest BCUT2D eigenvalue weighted by molar-refractivity contribution is -0.127. The Hall–Kier alpha value is -1.75. The first-order valence-electron chi connectivity index (χ1n) is 7.40. The van der Waals surface area contributed by atoms with E-state index in [1.54, 1.807) is 28.3 Å². The van der Waals surface area contributed by atoms with Crippen molar-refractivity contribution in [2.75, 3.05) is 34.9 Å². The number of ketones is 1. The van der Waals surface area contributed by atoms with Crippen molar-refractivity contribution in [3.63, 3.8) is 0 Å². The monoisotopic (exact) mass is 307 g/mol. The smallest absolute Gasteiger partial charge is 0.203 e. The fourth-order valence-corrected chi connectivity index (χ4v) is 3.41. The second-order valence-electron chi connectivity index (χ2n) is 6.07. The normalized spacial score (nSPS) is 25.1. The van der Waals surface area contributed by atoms with Crippen molar-refractivity contribution in [2.24, 2.45) is 5.41 Å². The molecule has 5 heteroatoms. The molecule has 5 nitrogen and oxygen atoms in total. The third kappa shape index (κ3) is 2.54. The van der Waals surface area contributed by atoms with Crippen molar-refractivity contribution in [2.45, 2.75) is 26.3 Å². The lowest BCUT2D eigenvalue weighted by atomic mass is 9.76. The number of rotatable bonds is 5. The first-order chi connectivity index (χ1) is 10.4. The SMILES string of the molecule is COc1cc([C@H]2N(C)CC[C@@]2(C)C(C)=O)cc(OC)c1OC. The van der Waals surface area contributed by atoms with Crippen molar-refractivity contribution in [3.05, 3.63) is 17.7 Å². The van der Waals surface area contributed by atoms with Gasteiger partial charge in [0.2, 0.25) is 5.75 Å². The van der Waals surface area contributed by atoms with E-state index in [9.17, 15) is 4.79 Å². The number of carbonyl (C=O) groups is 1. The first kappa shape index (κ1) is 16.6. The molecule has 1 heterocycles. The van der Waals surface area contributed by atoms with Crippen molar-refractivity contribution >= 4 is 5.78 Å². The van der Waals surface area contributed by atoms with Gasteiger partial charge in [-0.2, -0.15) is 0 Å². The van der Waals surface area contributed by atoms with Gasteiger partial charge < -0.3 is 14.2 Å². The van der Waals surface area contributed by atoms with E-state index in [0.717, 1.165) is 18.5 Å². The van der Waals surface area contributed by atoms with Crippen LogP contribution in [-0.2, 0) is 4.79 Å². The van der Waals surface area contributed by atoms with Crippen LogP contribution in [0.1, 0.15) is 31.9 Å². The average Bonchev–Trinajstić information content (AvgIpc) is 2.82. The van der Waals surface area contributed by atoms with E-state index in [2.05, 4.69) is 4.90 Å². The molecule has 0 unspecified atom stereocenters. The summed E-state index contributed by atoms with van der Waals surface area (Å²) in [5, 5.41) is 0. The molecule has 1 aliphatic heterocycles. The van der Waals surface area contributed by atoms with Crippen molar-refractivity contribution in [3.8, 4) is 17.2 Å². The maximum absolute atomic E-state index is 12.2. The van der Waals surface area contributed by atoms with Crippen LogP contribution in [-0.4, -0.2) is 45.6 Å². The van der Waals surface area contributed by atoms with E-state index in [4.69, 9.17) is 14.2 Å². The second-order valence-corrected chi connectivity index (χ2v) is 6.07. The molecule has 0 aromatic heterocycles. The summed E-state index contributed by atoms with van der Waals surface area (Å²) in [7, 11) is 6.83. The highest BCUT2D eigenvalue weighted by Gasteiger charge is 2.47. The molecule has 0 spiro atoms. The minimum atomic E-state index is -0.403. The number of nitrogens with zero attached hydrogens (tertiary/aromatic N) is 1. The van der Waals surface area contributed by atoms with Crippen molar-refractivity contribution in [1.82, 2.24) is 4.90 Å². The number of hydrogen-bond acceptors (Lipinski definition) is 5. The number of likely N-dealkylation sites (tertiary alicyclic amines) is 1. The Morgan fingerprint density at radius 3 is 2.14 bits per heavy atom. The largest absolute Gasteiger partial charge is 0.493 e. The third-order valence-electron chi connectivity index (χ3n) is 4.84. The summed E-state index contributed by atoms with van der Waals surface area (Å²) < 4.78 is 16.2. The summed E-state index contributed by atoms with van der Waals surface area (Å²) in [6, 6.07) is 3.88. The summed E-state index contributed by atoms with van der Waals surface area (Å²) in [5.41, 5.74) is 0.603. The number of benzene rings is 1. The first-order valence-corrected chi connectivity index (χ1v) is 7.40. The van der Waals surface area contributed by atoms with Crippen LogP contribution in [0.3, 0.4) is 0 Å². The zero-order valence-electron chi connectivity index (χ0n) is 14.2. The van der Waals surface area contributed by atoms with Crippen LogP contribution in [0.2, 0.25) is 0 Å². The maximum atomic E-state index is 12.2. The number of carbonyl (C=O) groups excluding carboxylic acids is 1. The Morgan fingerprint density at radius 1 is 1.18 bits per heavy atom. The highest BCUT2D eigenvalue weighted by atomic mass is 16.5. The van der Waals surface area contributed by atoms with Gasteiger partial charge in [0.05, 0.1) is 21.3 Å². The van der Waals surface area contributed by atoms with Gasteiger partial charge in [-0.05, 0) is 44.6 Å². The molecule has 0 saturated carbocycles. The number of Topliss-reactive ketones (excluding diaryl/α,β-unsaturated/α-hetero) is 1. The molecule has 0 N–H and O–H groups in total. The molecule has 1 aromatic carbocycles. The van der Waals surface area contributed by atoms with Crippen molar-refractivity contribution in [1.29, 1.82) is 0 Å². The zero-order chi connectivity index (χ0) is 16.5. The molecule has 1 aromatic rings. The molecule has 1 saturated heterocycles. The Bertz CT molecular complexity index is 547. The minimum Gasteiger partial charge on any atom is -0.493 e. The fraction of sp³-hybridized carbons (Fsp3) is 0.588. The van der Waals surface area contributed by atoms with E-state index >= 15 is 0 Å². The van der Waals surface area contributed by atoms with Crippen LogP contribution in [0.4, 0.5) is 0 Å². The van der Waals surface area contributed by atoms with Gasteiger partial charge >= 0.3 is 0 Å². The summed E-state index contributed by atoms with van der Waals surface area (Å²) in [4.78, 5) is 14.4. The lowest BCUT2D eigenvalue weighted by Crippen LogP contribution is -2.33. The van der Waals surface area contributed by atoms with E-state index in [1.807, 2.05) is 26.1 Å². The number of ether oxygens (including phenoxy) is 3. The predicted octanol–water partition coefficient (Wildman–Crippen LogP) is 2.68. The highest BCUT2D eigenvalue weighted by molar-refractivity contribution is 5.83. The summed E-state index contributed by atoms with van der Waals surface area (Å²) in [6.07, 6.45) is 0.847. The topological polar surface area (TPSA) is 48.0 Å². The number of hydrogen-bond donors (Lipinski definition) is 0. The van der Waals surface area contributed by atoms with E-state index < -0.39 is 5.41 Å². The summed E-state index contributed by atoms with van der Waals surface area (Å²) in [5.74, 6) is 2.00. The molecule has 122 valence electrons. The fourth-order valence-electron chi connectivity index (χ4n) is 3.41. The van der Waals surface area contributed by atoms with Crippen LogP contribution in [0.15, 0.2) is 12.1 Å². The Kier molecular flexibility index (Phi) is 4.66. The van der Waals surface area contributed by atoms with Crippen molar-refractivity contribution < 1.29 is 19.0 Å². The quantitative estimate of drug-likeness (QED) is 0.837. The van der Waals surface area contributed by atoms with E-state index in [0.29, 0.717) is 17.2 Å². The predicted molar refractivity (Wildman–Crippen MR) is 84.9 cm³/mol. The van der Waals surface area contributed by atoms with Gasteiger partial charge in [0, 0.05) is 11.5 Å². The zero-order valence-corrected chi connectivity index (χ0v) is 14.2. The molecule has 22 heavy (non-hydrogen) atoms. The van der Waals surface area contributed by atoms with Gasteiger partial charge in [-0.15, -0.1) is 0 Å². The maximum Gasteiger partial charge on any atom is 0.203 e. The van der Waals surface area contributed by atoms with Crippen LogP contribution in [0.25, 0.3) is 0 Å². The van der Waals surface area contributed by atoms with E-state index in [1.165, 1.54) is 0 Å². The standard InChI is InChI=1S/C17H25NO4/c1-11(19)17(2)7-8-18(3)16(17)12-9-13(20-4)15(22-6)14(10-12)21-5/h9-10,16H,7-8H2,1-6H3/t16-,17+/m1/s1. The van der Waals surface area contributed by atoms with Crippen LogP contribution >= 0.6 is 0 Å². The Balaban J connectivity index is 2.58. The number of methoxy groups -OCH3 is 3. The van der Waals surface area contributed by atoms with Crippen LogP contribution in [0, 0.1) is 5.41 Å². The molecule has 2 rings (SSSR count). The molecule has 0 aliphatic carbocycles. The summed E-state index contributed by atoms with van der Waals surface area (Å²) in [6.45, 7) is 4.59. The molecule has 1 aliphatic rings. The van der Waals surface area contributed by atoms with Gasteiger partial charge in [0.1, 0.15) is 5.78 Å². The minimum absolute atomic E-state index is 0.00120. The molecule has 0 bridgehead atoms. The van der Waals surface area contributed by atoms with Gasteiger partial charge in [-0.25, -0.2) is 0 Å². The molecule has 0 radical (unpaired) electrons. The van der Waals surface area contributed by atoms with Crippen LogP contribution in [0.5, 0.6) is 17.2 Å². The van der Waals surface area contributed by atoms with Gasteiger partial charge in [0.15, 0.2) is 11.5 Å². The second kappa shape index (κ2) is 6.16. The highest BCUT2D eigenvalue weighted by Crippen LogP contribution is 2.50. The van der Waals surface area contributed by atoms with Gasteiger partial charge in [-0.1, -0.05) is 6.92 Å². The molecular weight excluding hydrogens is 282 g/mol.